The fourth-order valence-corrected chi connectivity index (χ4v) is 1.45. The summed E-state index contributed by atoms with van der Waals surface area (Å²) in [4.78, 5) is 7.60. The standard InChI is InChI=1S/C11H10ClFN4/c1-6-2-3-9(7(13)4-6)16-10-8(14)5-15-11(12)17-10/h2-5H,14H2,1H3,(H,15,16,17). The number of benzene rings is 1. The Labute approximate surface area is 103 Å². The zero-order chi connectivity index (χ0) is 12.4. The highest BCUT2D eigenvalue weighted by atomic mass is 35.5. The van der Waals surface area contributed by atoms with Crippen LogP contribution in [0.15, 0.2) is 24.4 Å². The van der Waals surface area contributed by atoms with E-state index in [-0.39, 0.29) is 22.6 Å². The van der Waals surface area contributed by atoms with E-state index < -0.39 is 0 Å². The van der Waals surface area contributed by atoms with Gasteiger partial charge in [-0.3, -0.25) is 0 Å². The lowest BCUT2D eigenvalue weighted by atomic mass is 10.2. The summed E-state index contributed by atoms with van der Waals surface area (Å²) in [6.07, 6.45) is 1.36. The molecule has 3 N–H and O–H groups in total. The highest BCUT2D eigenvalue weighted by Gasteiger charge is 2.07. The second-order valence-corrected chi connectivity index (χ2v) is 3.89. The number of aromatic nitrogens is 2. The van der Waals surface area contributed by atoms with Crippen LogP contribution >= 0.6 is 11.6 Å². The second-order valence-electron chi connectivity index (χ2n) is 3.55. The van der Waals surface area contributed by atoms with Gasteiger partial charge in [0.2, 0.25) is 5.28 Å². The summed E-state index contributed by atoms with van der Waals surface area (Å²) in [5, 5.41) is 2.82. The van der Waals surface area contributed by atoms with Gasteiger partial charge in [0.1, 0.15) is 5.82 Å². The molecule has 2 aromatic rings. The van der Waals surface area contributed by atoms with Crippen molar-refractivity contribution in [1.29, 1.82) is 0 Å². The van der Waals surface area contributed by atoms with Crippen molar-refractivity contribution in [2.24, 2.45) is 0 Å². The smallest absolute Gasteiger partial charge is 0.224 e. The third-order valence-electron chi connectivity index (χ3n) is 2.17. The molecule has 0 saturated heterocycles. The number of rotatable bonds is 2. The van der Waals surface area contributed by atoms with Gasteiger partial charge >= 0.3 is 0 Å². The number of nitrogens with one attached hydrogen (secondary N) is 1. The summed E-state index contributed by atoms with van der Waals surface area (Å²) in [6.45, 7) is 1.81. The van der Waals surface area contributed by atoms with E-state index in [0.717, 1.165) is 5.56 Å². The number of nitrogens with zero attached hydrogens (tertiary/aromatic N) is 2. The Morgan fingerprint density at radius 1 is 1.41 bits per heavy atom. The number of hydrogen-bond donors (Lipinski definition) is 2. The molecule has 0 unspecified atom stereocenters. The van der Waals surface area contributed by atoms with Gasteiger partial charge in [-0.15, -0.1) is 0 Å². The molecule has 0 fully saturated rings. The fourth-order valence-electron chi connectivity index (χ4n) is 1.32. The van der Waals surface area contributed by atoms with E-state index in [0.29, 0.717) is 5.69 Å². The number of nitrogens with two attached hydrogens (primary N) is 1. The number of nitrogen functional groups attached to an aromatic ring is 1. The predicted molar refractivity (Wildman–Crippen MR) is 65.9 cm³/mol. The summed E-state index contributed by atoms with van der Waals surface area (Å²) in [6, 6.07) is 4.81. The van der Waals surface area contributed by atoms with Gasteiger partial charge in [0.15, 0.2) is 5.82 Å². The second kappa shape index (κ2) is 4.55. The van der Waals surface area contributed by atoms with Crippen molar-refractivity contribution in [1.82, 2.24) is 9.97 Å². The summed E-state index contributed by atoms with van der Waals surface area (Å²) < 4.78 is 13.6. The molecule has 4 nitrogen and oxygen atoms in total. The van der Waals surface area contributed by atoms with Gasteiger partial charge in [0.05, 0.1) is 17.6 Å². The molecule has 0 aliphatic rings. The molecule has 0 atom stereocenters. The van der Waals surface area contributed by atoms with Gasteiger partial charge in [-0.1, -0.05) is 6.07 Å². The van der Waals surface area contributed by atoms with Crippen molar-refractivity contribution in [3.05, 3.63) is 41.1 Å². The normalized spacial score (nSPS) is 10.3. The van der Waals surface area contributed by atoms with Crippen LogP contribution in [-0.4, -0.2) is 9.97 Å². The van der Waals surface area contributed by atoms with Gasteiger partial charge in [-0.05, 0) is 36.2 Å². The first-order valence-electron chi connectivity index (χ1n) is 4.87. The summed E-state index contributed by atoms with van der Waals surface area (Å²) in [7, 11) is 0. The summed E-state index contributed by atoms with van der Waals surface area (Å²) in [5.41, 5.74) is 7.07. The minimum absolute atomic E-state index is 0.0502. The minimum Gasteiger partial charge on any atom is -0.394 e. The molecule has 0 aliphatic heterocycles. The molecule has 0 spiro atoms. The minimum atomic E-state index is -0.376. The Balaban J connectivity index is 2.34. The van der Waals surface area contributed by atoms with E-state index in [2.05, 4.69) is 15.3 Å². The van der Waals surface area contributed by atoms with Crippen molar-refractivity contribution in [2.45, 2.75) is 6.92 Å². The van der Waals surface area contributed by atoms with Gasteiger partial charge in [-0.25, -0.2) is 9.37 Å². The number of aryl methyl sites for hydroxylation is 1. The summed E-state index contributed by atoms with van der Waals surface area (Å²) in [5.74, 6) is -0.0908. The average molecular weight is 253 g/mol. The van der Waals surface area contributed by atoms with Gasteiger partial charge in [0.25, 0.3) is 0 Å². The van der Waals surface area contributed by atoms with Gasteiger partial charge in [-0.2, -0.15) is 4.98 Å². The third kappa shape index (κ3) is 2.62. The highest BCUT2D eigenvalue weighted by molar-refractivity contribution is 6.28. The van der Waals surface area contributed by atoms with Crippen LogP contribution in [0.4, 0.5) is 21.6 Å². The van der Waals surface area contributed by atoms with E-state index in [1.54, 1.807) is 12.1 Å². The van der Waals surface area contributed by atoms with Crippen LogP contribution in [0, 0.1) is 12.7 Å². The molecular formula is C11H10ClFN4. The number of hydrogen-bond acceptors (Lipinski definition) is 4. The van der Waals surface area contributed by atoms with Crippen LogP contribution in [0.1, 0.15) is 5.56 Å². The molecular weight excluding hydrogens is 243 g/mol. The van der Waals surface area contributed by atoms with Crippen LogP contribution in [0.3, 0.4) is 0 Å². The predicted octanol–water partition coefficient (Wildman–Crippen LogP) is 2.90. The lowest BCUT2D eigenvalue weighted by Crippen LogP contribution is -2.02. The monoisotopic (exact) mass is 252 g/mol. The maximum absolute atomic E-state index is 13.6. The van der Waals surface area contributed by atoms with Crippen LogP contribution in [0.5, 0.6) is 0 Å². The SMILES string of the molecule is Cc1ccc(Nc2nc(Cl)ncc2N)c(F)c1. The molecule has 88 valence electrons. The molecule has 0 amide bonds. The molecule has 6 heteroatoms. The van der Waals surface area contributed by atoms with Crippen LogP contribution in [-0.2, 0) is 0 Å². The lowest BCUT2D eigenvalue weighted by Gasteiger charge is -2.09. The van der Waals surface area contributed by atoms with E-state index in [4.69, 9.17) is 17.3 Å². The van der Waals surface area contributed by atoms with E-state index >= 15 is 0 Å². The maximum atomic E-state index is 13.6. The van der Waals surface area contributed by atoms with Crippen molar-refractivity contribution in [3.63, 3.8) is 0 Å². The topological polar surface area (TPSA) is 63.8 Å². The Morgan fingerprint density at radius 3 is 2.88 bits per heavy atom. The lowest BCUT2D eigenvalue weighted by molar-refractivity contribution is 0.630. The highest BCUT2D eigenvalue weighted by Crippen LogP contribution is 2.23. The zero-order valence-electron chi connectivity index (χ0n) is 9.04. The largest absolute Gasteiger partial charge is 0.394 e. The molecule has 0 saturated carbocycles. The van der Waals surface area contributed by atoms with Crippen molar-refractivity contribution in [3.8, 4) is 0 Å². The first-order chi connectivity index (χ1) is 8.06. The quantitative estimate of drug-likeness (QED) is 0.807. The van der Waals surface area contributed by atoms with Crippen molar-refractivity contribution >= 4 is 28.8 Å². The van der Waals surface area contributed by atoms with Crippen molar-refractivity contribution in [2.75, 3.05) is 11.1 Å². The first kappa shape index (κ1) is 11.6. The molecule has 17 heavy (non-hydrogen) atoms. The average Bonchev–Trinajstić information content (AvgIpc) is 2.27. The molecule has 0 bridgehead atoms. The Hall–Kier alpha value is -1.88. The van der Waals surface area contributed by atoms with E-state index in [1.807, 2.05) is 6.92 Å². The molecule has 0 radical (unpaired) electrons. The number of halogens is 2. The van der Waals surface area contributed by atoms with Crippen LogP contribution < -0.4 is 11.1 Å². The first-order valence-corrected chi connectivity index (χ1v) is 5.25. The summed E-state index contributed by atoms with van der Waals surface area (Å²) >= 11 is 5.64. The Kier molecular flexibility index (Phi) is 3.10. The molecule has 1 aromatic heterocycles. The van der Waals surface area contributed by atoms with Crippen LogP contribution in [0.25, 0.3) is 0 Å². The Bertz CT molecular complexity index is 559. The van der Waals surface area contributed by atoms with E-state index in [1.165, 1.54) is 12.3 Å². The van der Waals surface area contributed by atoms with E-state index in [9.17, 15) is 4.39 Å². The zero-order valence-corrected chi connectivity index (χ0v) is 9.79. The third-order valence-corrected chi connectivity index (χ3v) is 2.35. The molecule has 1 aromatic carbocycles. The van der Waals surface area contributed by atoms with Crippen molar-refractivity contribution < 1.29 is 4.39 Å². The fraction of sp³-hybridized carbons (Fsp3) is 0.0909. The molecule has 1 heterocycles. The number of anilines is 3. The molecule has 2 rings (SSSR count). The Morgan fingerprint density at radius 2 is 2.18 bits per heavy atom. The van der Waals surface area contributed by atoms with Crippen LogP contribution in [0.2, 0.25) is 5.28 Å². The van der Waals surface area contributed by atoms with Gasteiger partial charge < -0.3 is 11.1 Å². The molecule has 0 aliphatic carbocycles. The maximum Gasteiger partial charge on any atom is 0.224 e. The van der Waals surface area contributed by atoms with Gasteiger partial charge in [0, 0.05) is 0 Å².